The van der Waals surface area contributed by atoms with Gasteiger partial charge in [-0.25, -0.2) is 0 Å². The van der Waals surface area contributed by atoms with E-state index in [2.05, 4.69) is 15.4 Å². The number of amides is 2. The number of likely N-dealkylation sites (tertiary alicyclic amines) is 1. The van der Waals surface area contributed by atoms with Crippen LogP contribution in [0.2, 0.25) is 0 Å². The average Bonchev–Trinajstić information content (AvgIpc) is 3.09. The molecule has 2 N–H and O–H groups in total. The van der Waals surface area contributed by atoms with Gasteiger partial charge in [0.25, 0.3) is 5.91 Å². The second kappa shape index (κ2) is 7.61. The molecular weight excluding hydrogens is 375 g/mol. The predicted octanol–water partition coefficient (Wildman–Crippen LogP) is 2.93. The number of alkyl halides is 3. The molecular formula is C18H20F3N5O2. The smallest absolute Gasteiger partial charge is 0.338 e. The molecule has 28 heavy (non-hydrogen) atoms. The second-order valence-corrected chi connectivity index (χ2v) is 6.96. The molecule has 1 fully saturated rings. The second-order valence-electron chi connectivity index (χ2n) is 6.96. The van der Waals surface area contributed by atoms with E-state index in [0.717, 1.165) is 11.1 Å². The van der Waals surface area contributed by atoms with Gasteiger partial charge in [-0.05, 0) is 38.8 Å². The molecule has 0 unspecified atom stereocenters. The highest BCUT2D eigenvalue weighted by Crippen LogP contribution is 2.26. The van der Waals surface area contributed by atoms with Crippen LogP contribution in [0.4, 0.5) is 19.1 Å². The lowest BCUT2D eigenvalue weighted by Crippen LogP contribution is -2.43. The van der Waals surface area contributed by atoms with E-state index in [9.17, 15) is 22.8 Å². The highest BCUT2D eigenvalue weighted by Gasteiger charge is 2.36. The van der Waals surface area contributed by atoms with Gasteiger partial charge in [0.2, 0.25) is 17.7 Å². The van der Waals surface area contributed by atoms with Gasteiger partial charge in [0.15, 0.2) is 0 Å². The van der Waals surface area contributed by atoms with Crippen molar-refractivity contribution in [2.75, 3.05) is 18.4 Å². The third-order valence-corrected chi connectivity index (χ3v) is 4.54. The van der Waals surface area contributed by atoms with Crippen molar-refractivity contribution < 1.29 is 22.8 Å². The van der Waals surface area contributed by atoms with Crippen molar-refractivity contribution in [2.24, 2.45) is 5.92 Å². The molecule has 3 rings (SSSR count). The van der Waals surface area contributed by atoms with Crippen LogP contribution in [0.3, 0.4) is 0 Å². The first-order chi connectivity index (χ1) is 13.1. The van der Waals surface area contributed by atoms with Crippen molar-refractivity contribution in [1.82, 2.24) is 20.1 Å². The molecule has 1 aromatic carbocycles. The third-order valence-electron chi connectivity index (χ3n) is 4.54. The van der Waals surface area contributed by atoms with Crippen LogP contribution in [-0.4, -0.2) is 45.0 Å². The van der Waals surface area contributed by atoms with Crippen molar-refractivity contribution in [2.45, 2.75) is 32.9 Å². The minimum atomic E-state index is -4.67. The molecule has 1 saturated heterocycles. The number of rotatable bonds is 3. The van der Waals surface area contributed by atoms with Crippen molar-refractivity contribution >= 4 is 17.8 Å². The van der Waals surface area contributed by atoms with Crippen LogP contribution in [-0.2, 0) is 11.0 Å². The Morgan fingerprint density at radius 1 is 1.21 bits per heavy atom. The number of aromatic nitrogens is 3. The third kappa shape index (κ3) is 4.49. The summed E-state index contributed by atoms with van der Waals surface area (Å²) in [7, 11) is 0. The quantitative estimate of drug-likeness (QED) is 0.836. The van der Waals surface area contributed by atoms with E-state index in [4.69, 9.17) is 0 Å². The van der Waals surface area contributed by atoms with E-state index in [1.165, 1.54) is 0 Å². The minimum absolute atomic E-state index is 0.165. The maximum Gasteiger partial charge on any atom is 0.451 e. The van der Waals surface area contributed by atoms with Gasteiger partial charge in [-0.15, -0.1) is 5.10 Å². The van der Waals surface area contributed by atoms with Crippen LogP contribution in [0.15, 0.2) is 18.2 Å². The van der Waals surface area contributed by atoms with E-state index in [0.29, 0.717) is 24.9 Å². The molecule has 2 aromatic rings. The largest absolute Gasteiger partial charge is 0.451 e. The number of nitrogens with zero attached hydrogens (tertiary/aromatic N) is 3. The number of carbonyl (C=O) groups is 2. The van der Waals surface area contributed by atoms with Gasteiger partial charge < -0.3 is 4.90 Å². The number of aromatic amines is 1. The highest BCUT2D eigenvalue weighted by atomic mass is 19.4. The van der Waals surface area contributed by atoms with Crippen LogP contribution in [0, 0.1) is 19.8 Å². The topological polar surface area (TPSA) is 91.0 Å². The highest BCUT2D eigenvalue weighted by molar-refractivity contribution is 5.96. The van der Waals surface area contributed by atoms with Crippen LogP contribution in [0.25, 0.3) is 0 Å². The van der Waals surface area contributed by atoms with E-state index < -0.39 is 29.8 Å². The lowest BCUT2D eigenvalue weighted by atomic mass is 9.96. The van der Waals surface area contributed by atoms with Gasteiger partial charge in [-0.1, -0.05) is 17.2 Å². The van der Waals surface area contributed by atoms with E-state index in [1.807, 2.05) is 19.9 Å². The predicted molar refractivity (Wildman–Crippen MR) is 94.6 cm³/mol. The summed E-state index contributed by atoms with van der Waals surface area (Å²) in [5, 5.41) is 7.41. The lowest BCUT2D eigenvalue weighted by Gasteiger charge is -2.32. The van der Waals surface area contributed by atoms with E-state index >= 15 is 0 Å². The van der Waals surface area contributed by atoms with Gasteiger partial charge in [0.1, 0.15) is 0 Å². The number of piperidine rings is 1. The average molecular weight is 395 g/mol. The molecule has 7 nitrogen and oxygen atoms in total. The van der Waals surface area contributed by atoms with Crippen LogP contribution >= 0.6 is 0 Å². The van der Waals surface area contributed by atoms with E-state index in [-0.39, 0.29) is 12.5 Å². The first-order valence-electron chi connectivity index (χ1n) is 8.81. The maximum absolute atomic E-state index is 12.8. The van der Waals surface area contributed by atoms with Gasteiger partial charge in [-0.2, -0.15) is 18.2 Å². The summed E-state index contributed by atoms with van der Waals surface area (Å²) in [5.74, 6) is -2.93. The SMILES string of the molecule is Cc1cc(C)cc(C(=O)N2CCC[C@H](C(=O)Nc3n[nH]c(C(F)(F)F)n3)C2)c1. The molecule has 1 aliphatic heterocycles. The van der Waals surface area contributed by atoms with Gasteiger partial charge in [0.05, 0.1) is 5.92 Å². The number of hydrogen-bond acceptors (Lipinski definition) is 4. The van der Waals surface area contributed by atoms with Crippen LogP contribution in [0.1, 0.15) is 40.2 Å². The van der Waals surface area contributed by atoms with Crippen LogP contribution in [0.5, 0.6) is 0 Å². The Labute approximate surface area is 159 Å². The van der Waals surface area contributed by atoms with Crippen molar-refractivity contribution in [3.63, 3.8) is 0 Å². The monoisotopic (exact) mass is 395 g/mol. The Morgan fingerprint density at radius 2 is 1.89 bits per heavy atom. The molecule has 1 aliphatic rings. The molecule has 2 amide bonds. The summed E-state index contributed by atoms with van der Waals surface area (Å²) in [4.78, 5) is 30.0. The zero-order chi connectivity index (χ0) is 20.5. The van der Waals surface area contributed by atoms with Crippen molar-refractivity contribution in [3.05, 3.63) is 40.7 Å². The molecule has 150 valence electrons. The number of benzene rings is 1. The van der Waals surface area contributed by atoms with Crippen molar-refractivity contribution in [1.29, 1.82) is 0 Å². The number of hydrogen-bond donors (Lipinski definition) is 2. The Balaban J connectivity index is 1.66. The first-order valence-corrected chi connectivity index (χ1v) is 8.81. The molecule has 10 heteroatoms. The number of anilines is 1. The van der Waals surface area contributed by atoms with Gasteiger partial charge >= 0.3 is 6.18 Å². The standard InChI is InChI=1S/C18H20F3N5O2/c1-10-6-11(2)8-13(7-10)15(28)26-5-3-4-12(9-26)14(27)22-17-23-16(24-25-17)18(19,20)21/h6-8,12H,3-5,9H2,1-2H3,(H2,22,23,24,25,27)/t12-/m0/s1. The van der Waals surface area contributed by atoms with Crippen LogP contribution < -0.4 is 5.32 Å². The summed E-state index contributed by atoms with van der Waals surface area (Å²) < 4.78 is 37.7. The molecule has 0 radical (unpaired) electrons. The number of carbonyl (C=O) groups excluding carboxylic acids is 2. The summed E-state index contributed by atoms with van der Waals surface area (Å²) in [5.41, 5.74) is 2.50. The molecule has 2 heterocycles. The first kappa shape index (κ1) is 19.8. The Morgan fingerprint density at radius 3 is 2.50 bits per heavy atom. The molecule has 0 spiro atoms. The summed E-state index contributed by atoms with van der Waals surface area (Å²) >= 11 is 0. The van der Waals surface area contributed by atoms with E-state index in [1.54, 1.807) is 22.1 Å². The Kier molecular flexibility index (Phi) is 5.39. The lowest BCUT2D eigenvalue weighted by molar-refractivity contribution is -0.144. The van der Waals surface area contributed by atoms with Crippen molar-refractivity contribution in [3.8, 4) is 0 Å². The van der Waals surface area contributed by atoms with Gasteiger partial charge in [0, 0.05) is 18.7 Å². The molecule has 1 atom stereocenters. The number of aryl methyl sites for hydroxylation is 2. The fourth-order valence-corrected chi connectivity index (χ4v) is 3.31. The number of H-pyrrole nitrogens is 1. The minimum Gasteiger partial charge on any atom is -0.338 e. The number of halogens is 3. The maximum atomic E-state index is 12.8. The zero-order valence-electron chi connectivity index (χ0n) is 15.4. The summed E-state index contributed by atoms with van der Waals surface area (Å²) in [6.07, 6.45) is -3.52. The Hall–Kier alpha value is -2.91. The fourth-order valence-electron chi connectivity index (χ4n) is 3.31. The summed E-state index contributed by atoms with van der Waals surface area (Å²) in [6.45, 7) is 4.52. The normalized spacial score (nSPS) is 17.5. The molecule has 1 aromatic heterocycles. The number of nitrogens with one attached hydrogen (secondary N) is 2. The fraction of sp³-hybridized carbons (Fsp3) is 0.444. The molecule has 0 aliphatic carbocycles. The molecule has 0 bridgehead atoms. The summed E-state index contributed by atoms with van der Waals surface area (Å²) in [6, 6.07) is 5.56. The zero-order valence-corrected chi connectivity index (χ0v) is 15.4. The molecule has 0 saturated carbocycles. The Bertz CT molecular complexity index is 873. The van der Waals surface area contributed by atoms with Gasteiger partial charge in [-0.3, -0.25) is 20.0 Å².